The van der Waals surface area contributed by atoms with Gasteiger partial charge in [0.15, 0.2) is 5.13 Å². The van der Waals surface area contributed by atoms with E-state index in [1.54, 1.807) is 29.5 Å². The maximum atomic E-state index is 12.5. The number of aromatic nitrogens is 2. The molecule has 0 unspecified atom stereocenters. The number of nitrogens with one attached hydrogen (secondary N) is 2. The Morgan fingerprint density at radius 3 is 2.78 bits per heavy atom. The van der Waals surface area contributed by atoms with Gasteiger partial charge in [0, 0.05) is 19.3 Å². The molecule has 0 spiro atoms. The molecule has 0 bridgehead atoms. The number of hydrazine groups is 1. The number of hydrogen-bond donors (Lipinski definition) is 2. The van der Waals surface area contributed by atoms with Crippen LogP contribution < -0.4 is 15.8 Å². The Hall–Kier alpha value is -3.00. The number of para-hydroxylation sites is 1. The molecule has 1 fully saturated rings. The molecule has 1 aliphatic rings. The van der Waals surface area contributed by atoms with Crippen LogP contribution in [0, 0.1) is 5.92 Å². The number of rotatable bonds is 3. The lowest BCUT2D eigenvalue weighted by Gasteiger charge is -2.31. The maximum absolute atomic E-state index is 12.5. The van der Waals surface area contributed by atoms with Gasteiger partial charge in [0.05, 0.1) is 16.1 Å². The Bertz CT molecular complexity index is 926. The molecule has 2 aromatic heterocycles. The van der Waals surface area contributed by atoms with E-state index in [1.165, 1.54) is 6.20 Å². The first-order valence-electron chi connectivity index (χ1n) is 8.82. The second-order valence-electron chi connectivity index (χ2n) is 6.41. The third-order valence-electron chi connectivity index (χ3n) is 4.54. The summed E-state index contributed by atoms with van der Waals surface area (Å²) in [4.78, 5) is 35.3. The lowest BCUT2D eigenvalue weighted by Crippen LogP contribution is -2.49. The van der Waals surface area contributed by atoms with Crippen molar-refractivity contribution in [2.75, 3.05) is 18.0 Å². The minimum atomic E-state index is -0.428. The number of anilines is 1. The molecule has 1 atom stereocenters. The Morgan fingerprint density at radius 1 is 1.11 bits per heavy atom. The molecule has 1 saturated heterocycles. The van der Waals surface area contributed by atoms with Crippen LogP contribution in [0.4, 0.5) is 5.13 Å². The number of pyridine rings is 1. The zero-order valence-corrected chi connectivity index (χ0v) is 15.4. The van der Waals surface area contributed by atoms with Crippen molar-refractivity contribution in [3.05, 3.63) is 54.4 Å². The normalized spacial score (nSPS) is 16.9. The van der Waals surface area contributed by atoms with E-state index in [0.717, 1.165) is 34.7 Å². The second-order valence-corrected chi connectivity index (χ2v) is 7.42. The fourth-order valence-electron chi connectivity index (χ4n) is 3.14. The highest BCUT2D eigenvalue weighted by Gasteiger charge is 2.27. The van der Waals surface area contributed by atoms with Gasteiger partial charge in [-0.15, -0.1) is 0 Å². The van der Waals surface area contributed by atoms with Crippen LogP contribution in [0.15, 0.2) is 48.7 Å². The third kappa shape index (κ3) is 3.90. The van der Waals surface area contributed by atoms with Crippen LogP contribution >= 0.6 is 11.3 Å². The average Bonchev–Trinajstić information content (AvgIpc) is 3.17. The molecular weight excluding hydrogens is 362 g/mol. The summed E-state index contributed by atoms with van der Waals surface area (Å²) in [6, 6.07) is 13.1. The van der Waals surface area contributed by atoms with E-state index in [0.29, 0.717) is 6.54 Å². The molecule has 1 aromatic carbocycles. The van der Waals surface area contributed by atoms with Gasteiger partial charge in [-0.2, -0.15) is 0 Å². The summed E-state index contributed by atoms with van der Waals surface area (Å²) < 4.78 is 1.14. The van der Waals surface area contributed by atoms with Crippen molar-refractivity contribution in [2.24, 2.45) is 5.92 Å². The Kier molecular flexibility index (Phi) is 4.97. The fraction of sp³-hybridized carbons (Fsp3) is 0.263. The summed E-state index contributed by atoms with van der Waals surface area (Å²) in [5.41, 5.74) is 6.21. The fourth-order valence-corrected chi connectivity index (χ4v) is 4.14. The van der Waals surface area contributed by atoms with Crippen LogP contribution in [0.3, 0.4) is 0 Å². The number of hydrogen-bond acceptors (Lipinski definition) is 6. The van der Waals surface area contributed by atoms with Gasteiger partial charge in [-0.3, -0.25) is 25.4 Å². The number of carbonyl (C=O) groups is 2. The molecule has 0 radical (unpaired) electrons. The lowest BCUT2D eigenvalue weighted by molar-refractivity contribution is -0.126. The monoisotopic (exact) mass is 381 g/mol. The van der Waals surface area contributed by atoms with E-state index in [2.05, 4.69) is 31.8 Å². The predicted octanol–water partition coefficient (Wildman–Crippen LogP) is 2.37. The first-order valence-corrected chi connectivity index (χ1v) is 9.64. The average molecular weight is 381 g/mol. The van der Waals surface area contributed by atoms with E-state index in [4.69, 9.17) is 0 Å². The van der Waals surface area contributed by atoms with Gasteiger partial charge in [-0.1, -0.05) is 29.5 Å². The molecule has 2 N–H and O–H groups in total. The maximum Gasteiger partial charge on any atom is 0.288 e. The third-order valence-corrected chi connectivity index (χ3v) is 5.64. The summed E-state index contributed by atoms with van der Waals surface area (Å²) in [6.45, 7) is 1.47. The van der Waals surface area contributed by atoms with Gasteiger partial charge in [0.25, 0.3) is 5.91 Å². The van der Waals surface area contributed by atoms with Crippen molar-refractivity contribution in [3.8, 4) is 0 Å². The van der Waals surface area contributed by atoms with Crippen molar-refractivity contribution in [2.45, 2.75) is 12.8 Å². The summed E-state index contributed by atoms with van der Waals surface area (Å²) >= 11 is 1.64. The quantitative estimate of drug-likeness (QED) is 0.680. The second kappa shape index (κ2) is 7.71. The molecule has 138 valence electrons. The summed E-state index contributed by atoms with van der Waals surface area (Å²) in [7, 11) is 0. The van der Waals surface area contributed by atoms with Gasteiger partial charge in [0.2, 0.25) is 5.91 Å². The first-order chi connectivity index (χ1) is 13.2. The predicted molar refractivity (Wildman–Crippen MR) is 104 cm³/mol. The highest BCUT2D eigenvalue weighted by molar-refractivity contribution is 7.22. The van der Waals surface area contributed by atoms with Gasteiger partial charge >= 0.3 is 0 Å². The molecule has 8 heteroatoms. The SMILES string of the molecule is O=C(NNC(=O)[C@H]1CCCN(c2nc3ccccc3s2)C1)c1ccccn1. The van der Waals surface area contributed by atoms with E-state index >= 15 is 0 Å². The van der Waals surface area contributed by atoms with Crippen molar-refractivity contribution in [1.82, 2.24) is 20.8 Å². The number of benzene rings is 1. The van der Waals surface area contributed by atoms with E-state index in [-0.39, 0.29) is 17.5 Å². The molecule has 3 aromatic rings. The van der Waals surface area contributed by atoms with Crippen molar-refractivity contribution in [1.29, 1.82) is 0 Å². The summed E-state index contributed by atoms with van der Waals surface area (Å²) in [5.74, 6) is -0.817. The molecule has 0 aliphatic carbocycles. The van der Waals surface area contributed by atoms with Crippen LogP contribution in [-0.2, 0) is 4.79 Å². The molecule has 7 nitrogen and oxygen atoms in total. The van der Waals surface area contributed by atoms with Gasteiger partial charge in [-0.25, -0.2) is 4.98 Å². The highest BCUT2D eigenvalue weighted by Crippen LogP contribution is 2.31. The first kappa shape index (κ1) is 17.4. The molecule has 1 aliphatic heterocycles. The molecule has 2 amide bonds. The zero-order chi connectivity index (χ0) is 18.6. The number of nitrogens with zero attached hydrogens (tertiary/aromatic N) is 3. The van der Waals surface area contributed by atoms with Crippen LogP contribution in [0.25, 0.3) is 10.2 Å². The minimum absolute atomic E-state index is 0.190. The van der Waals surface area contributed by atoms with Crippen LogP contribution in [0.1, 0.15) is 23.3 Å². The molecule has 4 rings (SSSR count). The van der Waals surface area contributed by atoms with Crippen molar-refractivity contribution < 1.29 is 9.59 Å². The van der Waals surface area contributed by atoms with E-state index < -0.39 is 5.91 Å². The summed E-state index contributed by atoms with van der Waals surface area (Å²) in [5, 5.41) is 0.936. The number of piperidine rings is 1. The Balaban J connectivity index is 1.37. The van der Waals surface area contributed by atoms with Gasteiger partial charge < -0.3 is 4.90 Å². The largest absolute Gasteiger partial charge is 0.347 e. The highest BCUT2D eigenvalue weighted by atomic mass is 32.1. The van der Waals surface area contributed by atoms with E-state index in [9.17, 15) is 9.59 Å². The van der Waals surface area contributed by atoms with Crippen LogP contribution in [-0.4, -0.2) is 34.9 Å². The van der Waals surface area contributed by atoms with E-state index in [1.807, 2.05) is 18.2 Å². The standard InChI is InChI=1S/C19H19N5O2S/c25-17(22-23-18(26)15-8-3-4-10-20-15)13-6-5-11-24(12-13)19-21-14-7-1-2-9-16(14)27-19/h1-4,7-10,13H,5-6,11-12H2,(H,22,25)(H,23,26)/t13-/m0/s1. The number of amides is 2. The number of thiazole rings is 1. The van der Waals surface area contributed by atoms with Gasteiger partial charge in [0.1, 0.15) is 5.69 Å². The summed E-state index contributed by atoms with van der Waals surface area (Å²) in [6.07, 6.45) is 3.22. The topological polar surface area (TPSA) is 87.2 Å². The van der Waals surface area contributed by atoms with Crippen LogP contribution in [0.5, 0.6) is 0 Å². The van der Waals surface area contributed by atoms with Crippen LogP contribution in [0.2, 0.25) is 0 Å². The van der Waals surface area contributed by atoms with Crippen molar-refractivity contribution in [3.63, 3.8) is 0 Å². The zero-order valence-electron chi connectivity index (χ0n) is 14.6. The Morgan fingerprint density at radius 2 is 1.96 bits per heavy atom. The number of fused-ring (bicyclic) bond motifs is 1. The minimum Gasteiger partial charge on any atom is -0.347 e. The lowest BCUT2D eigenvalue weighted by atomic mass is 9.98. The molecule has 3 heterocycles. The molecular formula is C19H19N5O2S. The smallest absolute Gasteiger partial charge is 0.288 e. The van der Waals surface area contributed by atoms with Gasteiger partial charge in [-0.05, 0) is 37.1 Å². The Labute approximate surface area is 160 Å². The molecule has 0 saturated carbocycles. The molecule has 27 heavy (non-hydrogen) atoms. The van der Waals surface area contributed by atoms with Crippen molar-refractivity contribution >= 4 is 38.5 Å². The number of carbonyl (C=O) groups excluding carboxylic acids is 2.